The first-order valence-corrected chi connectivity index (χ1v) is 6.77. The minimum atomic E-state index is -0.0248. The van der Waals surface area contributed by atoms with Crippen LogP contribution in [0.2, 0.25) is 0 Å². The van der Waals surface area contributed by atoms with Crippen molar-refractivity contribution >= 4 is 0 Å². The summed E-state index contributed by atoms with van der Waals surface area (Å²) in [7, 11) is 2.22. The Hall–Kier alpha value is -0.120. The Balaban J connectivity index is 1.66. The highest BCUT2D eigenvalue weighted by molar-refractivity contribution is 4.83. The van der Waals surface area contributed by atoms with Crippen molar-refractivity contribution in [3.8, 4) is 0 Å². The van der Waals surface area contributed by atoms with Crippen molar-refractivity contribution in [2.75, 3.05) is 20.1 Å². The van der Waals surface area contributed by atoms with E-state index in [1.807, 2.05) is 0 Å². The molecule has 0 aromatic carbocycles. The van der Waals surface area contributed by atoms with E-state index in [2.05, 4.69) is 24.2 Å². The van der Waals surface area contributed by atoms with Crippen LogP contribution in [-0.2, 0) is 0 Å². The molecule has 1 saturated heterocycles. The molecule has 0 amide bonds. The molecule has 2 N–H and O–H groups in total. The molecule has 3 heteroatoms. The lowest BCUT2D eigenvalue weighted by Gasteiger charge is -2.35. The third kappa shape index (κ3) is 3.19. The fourth-order valence-electron chi connectivity index (χ4n) is 3.04. The summed E-state index contributed by atoms with van der Waals surface area (Å²) in [4.78, 5) is 2.44. The molecule has 4 atom stereocenters. The van der Waals surface area contributed by atoms with Gasteiger partial charge in [0.05, 0.1) is 6.10 Å². The summed E-state index contributed by atoms with van der Waals surface area (Å²) < 4.78 is 0. The van der Waals surface area contributed by atoms with E-state index in [1.54, 1.807) is 0 Å². The molecular formula is C13H26N2O. The zero-order valence-corrected chi connectivity index (χ0v) is 10.7. The summed E-state index contributed by atoms with van der Waals surface area (Å²) in [6.07, 6.45) is 5.74. The van der Waals surface area contributed by atoms with Crippen LogP contribution in [0.25, 0.3) is 0 Å². The van der Waals surface area contributed by atoms with Gasteiger partial charge in [0.1, 0.15) is 0 Å². The molecule has 1 aliphatic carbocycles. The summed E-state index contributed by atoms with van der Waals surface area (Å²) in [6.45, 7) is 4.64. The van der Waals surface area contributed by atoms with Crippen LogP contribution >= 0.6 is 0 Å². The third-order valence-corrected chi connectivity index (χ3v) is 4.42. The predicted molar refractivity (Wildman–Crippen MR) is 66.5 cm³/mol. The lowest BCUT2D eigenvalue weighted by molar-refractivity contribution is 0.161. The van der Waals surface area contributed by atoms with Crippen molar-refractivity contribution in [3.05, 3.63) is 0 Å². The van der Waals surface area contributed by atoms with Crippen molar-refractivity contribution in [1.82, 2.24) is 10.2 Å². The van der Waals surface area contributed by atoms with Gasteiger partial charge in [-0.3, -0.25) is 0 Å². The van der Waals surface area contributed by atoms with E-state index in [4.69, 9.17) is 0 Å². The molecule has 0 bridgehead atoms. The maximum Gasteiger partial charge on any atom is 0.0543 e. The summed E-state index contributed by atoms with van der Waals surface area (Å²) in [5, 5.41) is 13.2. The average molecular weight is 226 g/mol. The van der Waals surface area contributed by atoms with E-state index < -0.39 is 0 Å². The van der Waals surface area contributed by atoms with Crippen LogP contribution in [0.15, 0.2) is 0 Å². The minimum absolute atomic E-state index is 0.0248. The van der Waals surface area contributed by atoms with E-state index in [1.165, 1.54) is 25.8 Å². The number of hydrogen-bond donors (Lipinski definition) is 2. The Morgan fingerprint density at radius 2 is 2.06 bits per heavy atom. The summed E-state index contributed by atoms with van der Waals surface area (Å²) in [5.74, 6) is 0.713. The molecule has 2 fully saturated rings. The van der Waals surface area contributed by atoms with Gasteiger partial charge in [0.25, 0.3) is 0 Å². The molecule has 0 radical (unpaired) electrons. The molecule has 0 aromatic heterocycles. The molecule has 4 unspecified atom stereocenters. The Bertz CT molecular complexity index is 222. The van der Waals surface area contributed by atoms with Gasteiger partial charge in [-0.15, -0.1) is 0 Å². The van der Waals surface area contributed by atoms with E-state index in [-0.39, 0.29) is 6.10 Å². The number of nitrogens with zero attached hydrogens (tertiary/aromatic N) is 1. The fourth-order valence-corrected chi connectivity index (χ4v) is 3.04. The van der Waals surface area contributed by atoms with Crippen molar-refractivity contribution in [2.24, 2.45) is 5.92 Å². The van der Waals surface area contributed by atoms with Crippen molar-refractivity contribution in [3.63, 3.8) is 0 Å². The lowest BCUT2D eigenvalue weighted by Crippen LogP contribution is -2.46. The summed E-state index contributed by atoms with van der Waals surface area (Å²) >= 11 is 0. The van der Waals surface area contributed by atoms with Crippen LogP contribution < -0.4 is 5.32 Å². The van der Waals surface area contributed by atoms with Gasteiger partial charge in [-0.05, 0) is 65.1 Å². The molecule has 1 heterocycles. The highest BCUT2D eigenvalue weighted by atomic mass is 16.3. The Kier molecular flexibility index (Phi) is 4.22. The highest BCUT2D eigenvalue weighted by Crippen LogP contribution is 2.25. The van der Waals surface area contributed by atoms with Gasteiger partial charge in [-0.2, -0.15) is 0 Å². The number of aliphatic hydroxyl groups excluding tert-OH is 1. The number of piperidine rings is 1. The number of aliphatic hydroxyl groups is 1. The van der Waals surface area contributed by atoms with E-state index in [0.717, 1.165) is 19.4 Å². The second-order valence-corrected chi connectivity index (χ2v) is 5.79. The quantitative estimate of drug-likeness (QED) is 0.759. The summed E-state index contributed by atoms with van der Waals surface area (Å²) in [5.41, 5.74) is 0. The van der Waals surface area contributed by atoms with Crippen molar-refractivity contribution in [1.29, 1.82) is 0 Å². The van der Waals surface area contributed by atoms with Crippen LogP contribution in [-0.4, -0.2) is 48.3 Å². The molecule has 1 saturated carbocycles. The molecule has 3 nitrogen and oxygen atoms in total. The van der Waals surface area contributed by atoms with Crippen molar-refractivity contribution in [2.45, 2.75) is 57.2 Å². The molecule has 2 rings (SSSR count). The number of rotatable bonds is 3. The predicted octanol–water partition coefficient (Wildman–Crippen LogP) is 1.22. The molecule has 94 valence electrons. The summed E-state index contributed by atoms with van der Waals surface area (Å²) in [6, 6.07) is 1.41. The SMILES string of the molecule is CC1CC(NCC2CCC(O)C2)CCN1C. The first-order chi connectivity index (χ1) is 7.65. The highest BCUT2D eigenvalue weighted by Gasteiger charge is 2.26. The van der Waals surface area contributed by atoms with Gasteiger partial charge in [0, 0.05) is 12.1 Å². The van der Waals surface area contributed by atoms with E-state index >= 15 is 0 Å². The molecular weight excluding hydrogens is 200 g/mol. The van der Waals surface area contributed by atoms with Crippen molar-refractivity contribution < 1.29 is 5.11 Å². The van der Waals surface area contributed by atoms with E-state index in [0.29, 0.717) is 18.0 Å². The first-order valence-electron chi connectivity index (χ1n) is 6.77. The van der Waals surface area contributed by atoms with Gasteiger partial charge >= 0.3 is 0 Å². The largest absolute Gasteiger partial charge is 0.393 e. The van der Waals surface area contributed by atoms with Crippen LogP contribution in [0.4, 0.5) is 0 Å². The van der Waals surface area contributed by atoms with Gasteiger partial charge in [0.2, 0.25) is 0 Å². The molecule has 1 aliphatic heterocycles. The van der Waals surface area contributed by atoms with Gasteiger partial charge < -0.3 is 15.3 Å². The molecule has 0 aromatic rings. The second-order valence-electron chi connectivity index (χ2n) is 5.79. The third-order valence-electron chi connectivity index (χ3n) is 4.42. The Morgan fingerprint density at radius 3 is 2.69 bits per heavy atom. The number of likely N-dealkylation sites (tertiary alicyclic amines) is 1. The van der Waals surface area contributed by atoms with Gasteiger partial charge in [-0.1, -0.05) is 0 Å². The average Bonchev–Trinajstić information content (AvgIpc) is 2.66. The number of nitrogens with one attached hydrogen (secondary N) is 1. The van der Waals surface area contributed by atoms with Gasteiger partial charge in [-0.25, -0.2) is 0 Å². The second kappa shape index (κ2) is 5.48. The minimum Gasteiger partial charge on any atom is -0.393 e. The van der Waals surface area contributed by atoms with Crippen LogP contribution in [0, 0.1) is 5.92 Å². The van der Waals surface area contributed by atoms with Crippen LogP contribution in [0.3, 0.4) is 0 Å². The monoisotopic (exact) mass is 226 g/mol. The lowest BCUT2D eigenvalue weighted by atomic mass is 9.98. The Labute approximate surface area is 99.2 Å². The molecule has 16 heavy (non-hydrogen) atoms. The van der Waals surface area contributed by atoms with Crippen LogP contribution in [0.1, 0.15) is 39.0 Å². The molecule has 2 aliphatic rings. The topological polar surface area (TPSA) is 35.5 Å². The maximum absolute atomic E-state index is 9.48. The zero-order chi connectivity index (χ0) is 11.5. The fraction of sp³-hybridized carbons (Fsp3) is 1.00. The smallest absolute Gasteiger partial charge is 0.0543 e. The molecule has 0 spiro atoms. The normalized spacial score (nSPS) is 41.4. The number of hydrogen-bond acceptors (Lipinski definition) is 3. The van der Waals surface area contributed by atoms with Gasteiger partial charge in [0.15, 0.2) is 0 Å². The van der Waals surface area contributed by atoms with E-state index in [9.17, 15) is 5.11 Å². The standard InChI is InChI=1S/C13H26N2O/c1-10-7-12(5-6-15(10)2)14-9-11-3-4-13(16)8-11/h10-14,16H,3-9H2,1-2H3. The maximum atomic E-state index is 9.48. The Morgan fingerprint density at radius 1 is 1.25 bits per heavy atom. The van der Waals surface area contributed by atoms with Crippen LogP contribution in [0.5, 0.6) is 0 Å². The zero-order valence-electron chi connectivity index (χ0n) is 10.7. The first kappa shape index (κ1) is 12.3.